The smallest absolute Gasteiger partial charge is 0.414 e. The molecule has 0 N–H and O–H groups in total. The van der Waals surface area contributed by atoms with Gasteiger partial charge in [-0.2, -0.15) is 0 Å². The van der Waals surface area contributed by atoms with Crippen LogP contribution in [-0.4, -0.2) is 30.8 Å². The Hall–Kier alpha value is -1.59. The van der Waals surface area contributed by atoms with Gasteiger partial charge in [-0.1, -0.05) is 23.2 Å². The predicted octanol–water partition coefficient (Wildman–Crippen LogP) is 4.53. The van der Waals surface area contributed by atoms with E-state index in [1.807, 2.05) is 0 Å². The Kier molecular flexibility index (Phi) is 5.88. The molecule has 0 unspecified atom stereocenters. The first kappa shape index (κ1) is 18.7. The molecule has 0 radical (unpaired) electrons. The zero-order valence-corrected chi connectivity index (χ0v) is 15.3. The number of anilines is 1. The lowest BCUT2D eigenvalue weighted by atomic mass is 10.0. The number of carbonyl (C=O) groups excluding carboxylic acids is 3. The minimum absolute atomic E-state index is 0.0104. The van der Waals surface area contributed by atoms with E-state index in [9.17, 15) is 14.4 Å². The number of carbonyl (C=O) groups is 3. The van der Waals surface area contributed by atoms with Crippen LogP contribution in [0.1, 0.15) is 43.5 Å². The molecule has 1 aromatic rings. The molecule has 1 aromatic carbocycles. The first-order chi connectivity index (χ1) is 11.2. The van der Waals surface area contributed by atoms with E-state index in [2.05, 4.69) is 0 Å². The van der Waals surface area contributed by atoms with E-state index in [1.54, 1.807) is 13.8 Å². The largest absolute Gasteiger partial charge is 0.446 e. The van der Waals surface area contributed by atoms with E-state index in [1.165, 1.54) is 19.2 Å². The molecule has 1 aliphatic carbocycles. The van der Waals surface area contributed by atoms with Crippen molar-refractivity contribution < 1.29 is 19.1 Å². The molecular weight excluding hydrogens is 353 g/mol. The minimum atomic E-state index is -0.656. The van der Waals surface area contributed by atoms with E-state index in [0.717, 1.165) is 17.7 Å². The third-order valence-electron chi connectivity index (χ3n) is 3.68. The molecule has 0 saturated heterocycles. The van der Waals surface area contributed by atoms with Crippen LogP contribution in [0.4, 0.5) is 10.5 Å². The van der Waals surface area contributed by atoms with Gasteiger partial charge >= 0.3 is 6.09 Å². The Morgan fingerprint density at radius 3 is 2.42 bits per heavy atom. The molecule has 1 fully saturated rings. The van der Waals surface area contributed by atoms with Crippen molar-refractivity contribution in [2.75, 3.05) is 11.9 Å². The zero-order chi connectivity index (χ0) is 18.0. The number of halogens is 2. The number of ether oxygens (including phenoxy) is 1. The molecule has 5 nitrogen and oxygen atoms in total. The normalized spacial score (nSPS) is 13.8. The number of benzene rings is 1. The molecule has 0 heterocycles. The standard InChI is InChI=1S/C17H19Cl2NO4/c1-9(2)24-17(23)20(3)16-11(6-7-12(18)15(16)19)14(22)8-13(21)10-4-5-10/h6-7,9-10H,4-5,8H2,1-3H3. The molecule has 0 bridgehead atoms. The summed E-state index contributed by atoms with van der Waals surface area (Å²) in [4.78, 5) is 37.7. The van der Waals surface area contributed by atoms with Gasteiger partial charge in [-0.25, -0.2) is 4.79 Å². The molecular formula is C17H19Cl2NO4. The van der Waals surface area contributed by atoms with Crippen molar-refractivity contribution in [2.24, 2.45) is 5.92 Å². The second-order valence-electron chi connectivity index (χ2n) is 6.09. The zero-order valence-electron chi connectivity index (χ0n) is 13.8. The van der Waals surface area contributed by atoms with Crippen LogP contribution in [0.5, 0.6) is 0 Å². The molecule has 1 aliphatic rings. The second kappa shape index (κ2) is 7.53. The number of amides is 1. The lowest BCUT2D eigenvalue weighted by molar-refractivity contribution is -0.119. The number of Topliss-reactive ketones (excluding diaryl/α,β-unsaturated/α-hetero) is 2. The number of ketones is 2. The SMILES string of the molecule is CC(C)OC(=O)N(C)c1c(C(=O)CC(=O)C2CC2)ccc(Cl)c1Cl. The molecule has 24 heavy (non-hydrogen) atoms. The lowest BCUT2D eigenvalue weighted by Gasteiger charge is -2.22. The summed E-state index contributed by atoms with van der Waals surface area (Å²) < 4.78 is 5.13. The summed E-state index contributed by atoms with van der Waals surface area (Å²) in [6, 6.07) is 2.95. The molecule has 7 heteroatoms. The van der Waals surface area contributed by atoms with Gasteiger partial charge in [0.25, 0.3) is 0 Å². The molecule has 0 aromatic heterocycles. The fraction of sp³-hybridized carbons (Fsp3) is 0.471. The third-order valence-corrected chi connectivity index (χ3v) is 4.48. The van der Waals surface area contributed by atoms with Gasteiger partial charge in [-0.3, -0.25) is 14.5 Å². The van der Waals surface area contributed by atoms with Crippen molar-refractivity contribution in [3.8, 4) is 0 Å². The fourth-order valence-corrected chi connectivity index (χ4v) is 2.71. The summed E-state index contributed by atoms with van der Waals surface area (Å²) >= 11 is 12.2. The topological polar surface area (TPSA) is 63.7 Å². The summed E-state index contributed by atoms with van der Waals surface area (Å²) in [5, 5.41) is 0.283. The van der Waals surface area contributed by atoms with Crippen LogP contribution >= 0.6 is 23.2 Å². The highest BCUT2D eigenvalue weighted by atomic mass is 35.5. The van der Waals surface area contributed by atoms with Gasteiger partial charge < -0.3 is 4.74 Å². The highest BCUT2D eigenvalue weighted by Crippen LogP contribution is 2.37. The predicted molar refractivity (Wildman–Crippen MR) is 93.2 cm³/mol. The van der Waals surface area contributed by atoms with Crippen LogP contribution in [0.25, 0.3) is 0 Å². The monoisotopic (exact) mass is 371 g/mol. The molecule has 130 valence electrons. The van der Waals surface area contributed by atoms with Crippen molar-refractivity contribution in [3.63, 3.8) is 0 Å². The van der Waals surface area contributed by atoms with Crippen LogP contribution in [0, 0.1) is 5.92 Å². The highest BCUT2D eigenvalue weighted by molar-refractivity contribution is 6.44. The van der Waals surface area contributed by atoms with Gasteiger partial charge in [-0.05, 0) is 38.8 Å². The van der Waals surface area contributed by atoms with Crippen LogP contribution in [-0.2, 0) is 9.53 Å². The van der Waals surface area contributed by atoms with Gasteiger partial charge in [-0.15, -0.1) is 0 Å². The Labute approximate surface area is 150 Å². The maximum absolute atomic E-state index is 12.5. The molecule has 2 rings (SSSR count). The third kappa shape index (κ3) is 4.28. The maximum atomic E-state index is 12.5. The van der Waals surface area contributed by atoms with Gasteiger partial charge in [0, 0.05) is 18.5 Å². The van der Waals surface area contributed by atoms with Crippen molar-refractivity contribution in [3.05, 3.63) is 27.7 Å². The van der Waals surface area contributed by atoms with Crippen molar-refractivity contribution in [2.45, 2.75) is 39.2 Å². The lowest BCUT2D eigenvalue weighted by Crippen LogP contribution is -2.31. The van der Waals surface area contributed by atoms with E-state index < -0.39 is 6.09 Å². The summed E-state index contributed by atoms with van der Waals surface area (Å²) in [5.41, 5.74) is 0.338. The quantitative estimate of drug-likeness (QED) is 0.544. The van der Waals surface area contributed by atoms with Gasteiger partial charge in [0.2, 0.25) is 0 Å². The number of nitrogens with zero attached hydrogens (tertiary/aromatic N) is 1. The number of rotatable bonds is 6. The van der Waals surface area contributed by atoms with E-state index >= 15 is 0 Å². The summed E-state index contributed by atoms with van der Waals surface area (Å²) in [6.07, 6.45) is 0.482. The van der Waals surface area contributed by atoms with Gasteiger partial charge in [0.15, 0.2) is 5.78 Å². The van der Waals surface area contributed by atoms with Crippen LogP contribution in [0.2, 0.25) is 10.0 Å². The average molecular weight is 372 g/mol. The first-order valence-electron chi connectivity index (χ1n) is 7.70. The van der Waals surface area contributed by atoms with E-state index in [4.69, 9.17) is 27.9 Å². The fourth-order valence-electron chi connectivity index (χ4n) is 2.27. The Balaban J connectivity index is 2.33. The summed E-state index contributed by atoms with van der Waals surface area (Å²) in [7, 11) is 1.45. The van der Waals surface area contributed by atoms with Crippen molar-refractivity contribution in [1.82, 2.24) is 0 Å². The molecule has 1 amide bonds. The van der Waals surface area contributed by atoms with Crippen LogP contribution in [0.15, 0.2) is 12.1 Å². The molecule has 0 aliphatic heterocycles. The average Bonchev–Trinajstić information content (AvgIpc) is 3.33. The van der Waals surface area contributed by atoms with Gasteiger partial charge in [0.05, 0.1) is 28.3 Å². The molecule has 0 spiro atoms. The number of hydrogen-bond acceptors (Lipinski definition) is 4. The van der Waals surface area contributed by atoms with Crippen molar-refractivity contribution >= 4 is 46.5 Å². The van der Waals surface area contributed by atoms with Crippen LogP contribution < -0.4 is 4.90 Å². The number of hydrogen-bond donors (Lipinski definition) is 0. The summed E-state index contributed by atoms with van der Waals surface area (Å²) in [6.45, 7) is 3.43. The molecule has 0 atom stereocenters. The Morgan fingerprint density at radius 2 is 1.88 bits per heavy atom. The molecule has 1 saturated carbocycles. The van der Waals surface area contributed by atoms with E-state index in [0.29, 0.717) is 0 Å². The maximum Gasteiger partial charge on any atom is 0.414 e. The Bertz CT molecular complexity index is 683. The van der Waals surface area contributed by atoms with Gasteiger partial charge in [0.1, 0.15) is 5.78 Å². The first-order valence-corrected chi connectivity index (χ1v) is 8.46. The summed E-state index contributed by atoms with van der Waals surface area (Å²) in [5.74, 6) is -0.474. The minimum Gasteiger partial charge on any atom is -0.446 e. The highest BCUT2D eigenvalue weighted by Gasteiger charge is 2.32. The van der Waals surface area contributed by atoms with Crippen molar-refractivity contribution in [1.29, 1.82) is 0 Å². The second-order valence-corrected chi connectivity index (χ2v) is 6.87. The van der Waals surface area contributed by atoms with E-state index in [-0.39, 0.29) is 51.3 Å². The Morgan fingerprint density at radius 1 is 1.25 bits per heavy atom. The van der Waals surface area contributed by atoms with Crippen LogP contribution in [0.3, 0.4) is 0 Å².